The highest BCUT2D eigenvalue weighted by Gasteiger charge is 2.10. The molecule has 92 valence electrons. The average molecular weight is 280 g/mol. The summed E-state index contributed by atoms with van der Waals surface area (Å²) in [6.45, 7) is 0. The summed E-state index contributed by atoms with van der Waals surface area (Å²) in [5.41, 5.74) is 1.40. The van der Waals surface area contributed by atoms with E-state index in [4.69, 9.17) is 23.2 Å². The van der Waals surface area contributed by atoms with Crippen LogP contribution in [-0.4, -0.2) is 5.91 Å². The van der Waals surface area contributed by atoms with Crippen LogP contribution < -0.4 is 5.32 Å². The van der Waals surface area contributed by atoms with Gasteiger partial charge in [-0.25, -0.2) is 0 Å². The molecule has 2 rings (SSSR count). The van der Waals surface area contributed by atoms with E-state index in [0.29, 0.717) is 15.6 Å². The van der Waals surface area contributed by atoms with Gasteiger partial charge < -0.3 is 5.32 Å². The maximum atomic E-state index is 11.9. The summed E-state index contributed by atoms with van der Waals surface area (Å²) in [6, 6.07) is 14.5. The second kappa shape index (κ2) is 5.89. The Labute approximate surface area is 116 Å². The van der Waals surface area contributed by atoms with E-state index in [2.05, 4.69) is 5.32 Å². The van der Waals surface area contributed by atoms with Gasteiger partial charge in [-0.2, -0.15) is 0 Å². The molecule has 0 aromatic heterocycles. The largest absolute Gasteiger partial charge is 0.326 e. The van der Waals surface area contributed by atoms with E-state index in [1.165, 1.54) is 0 Å². The molecule has 0 spiro atoms. The van der Waals surface area contributed by atoms with Gasteiger partial charge in [-0.1, -0.05) is 47.5 Å². The predicted molar refractivity (Wildman–Crippen MR) is 75.2 cm³/mol. The minimum absolute atomic E-state index is 0.142. The zero-order valence-electron chi connectivity index (χ0n) is 9.49. The first-order chi connectivity index (χ1) is 8.66. The Bertz CT molecular complexity index is 535. The Hall–Kier alpha value is -1.51. The lowest BCUT2D eigenvalue weighted by Crippen LogP contribution is -2.14. The molecule has 2 aromatic carbocycles. The molecule has 0 heterocycles. The van der Waals surface area contributed by atoms with Gasteiger partial charge in [-0.05, 0) is 29.8 Å². The Morgan fingerprint density at radius 3 is 2.17 bits per heavy atom. The third-order valence-electron chi connectivity index (χ3n) is 2.46. The van der Waals surface area contributed by atoms with Crippen LogP contribution in [0.3, 0.4) is 0 Å². The van der Waals surface area contributed by atoms with Crippen LogP contribution in [0.25, 0.3) is 0 Å². The minimum atomic E-state index is -0.142. The standard InChI is InChI=1S/C14H11Cl2NO/c15-12-7-4-8-13(16)11(12)9-14(18)17-10-5-2-1-3-6-10/h1-8H,9H2,(H,17,18). The predicted octanol–water partition coefficient (Wildman–Crippen LogP) is 4.17. The van der Waals surface area contributed by atoms with Gasteiger partial charge in [-0.3, -0.25) is 4.79 Å². The van der Waals surface area contributed by atoms with Gasteiger partial charge in [0.1, 0.15) is 0 Å². The molecule has 0 saturated carbocycles. The lowest BCUT2D eigenvalue weighted by Gasteiger charge is -2.08. The molecule has 0 atom stereocenters. The molecule has 0 radical (unpaired) electrons. The molecule has 0 aliphatic heterocycles. The zero-order chi connectivity index (χ0) is 13.0. The van der Waals surface area contributed by atoms with Crippen molar-refractivity contribution in [1.29, 1.82) is 0 Å². The van der Waals surface area contributed by atoms with E-state index in [1.807, 2.05) is 30.3 Å². The molecule has 0 bridgehead atoms. The summed E-state index contributed by atoms with van der Waals surface area (Å²) in [5.74, 6) is -0.142. The SMILES string of the molecule is O=C(Cc1c(Cl)cccc1Cl)Nc1ccccc1. The first kappa shape index (κ1) is 12.9. The van der Waals surface area contributed by atoms with Gasteiger partial charge in [0.05, 0.1) is 6.42 Å². The summed E-state index contributed by atoms with van der Waals surface area (Å²) < 4.78 is 0. The fraction of sp³-hybridized carbons (Fsp3) is 0.0714. The Morgan fingerprint density at radius 2 is 1.56 bits per heavy atom. The van der Waals surface area contributed by atoms with E-state index in [1.54, 1.807) is 18.2 Å². The second-order valence-corrected chi connectivity index (χ2v) is 4.61. The van der Waals surface area contributed by atoms with Crippen molar-refractivity contribution in [3.8, 4) is 0 Å². The van der Waals surface area contributed by atoms with E-state index >= 15 is 0 Å². The fourth-order valence-electron chi connectivity index (χ4n) is 1.59. The smallest absolute Gasteiger partial charge is 0.228 e. The molecule has 0 saturated heterocycles. The number of rotatable bonds is 3. The average Bonchev–Trinajstić information content (AvgIpc) is 2.35. The van der Waals surface area contributed by atoms with Gasteiger partial charge in [0.2, 0.25) is 5.91 Å². The van der Waals surface area contributed by atoms with Crippen LogP contribution >= 0.6 is 23.2 Å². The molecule has 4 heteroatoms. The normalized spacial score (nSPS) is 10.1. The van der Waals surface area contributed by atoms with Crippen molar-refractivity contribution < 1.29 is 4.79 Å². The Balaban J connectivity index is 2.08. The number of hydrogen-bond acceptors (Lipinski definition) is 1. The van der Waals surface area contributed by atoms with Crippen LogP contribution in [0.4, 0.5) is 5.69 Å². The van der Waals surface area contributed by atoms with E-state index in [9.17, 15) is 4.79 Å². The first-order valence-electron chi connectivity index (χ1n) is 5.44. The quantitative estimate of drug-likeness (QED) is 0.898. The molecule has 18 heavy (non-hydrogen) atoms. The van der Waals surface area contributed by atoms with Crippen LogP contribution in [0.15, 0.2) is 48.5 Å². The summed E-state index contributed by atoms with van der Waals surface area (Å²) in [4.78, 5) is 11.9. The highest BCUT2D eigenvalue weighted by Crippen LogP contribution is 2.24. The third kappa shape index (κ3) is 3.25. The minimum Gasteiger partial charge on any atom is -0.326 e. The summed E-state index contributed by atoms with van der Waals surface area (Å²) in [5, 5.41) is 3.80. The molecule has 1 amide bonds. The number of carbonyl (C=O) groups excluding carboxylic acids is 1. The monoisotopic (exact) mass is 279 g/mol. The number of carbonyl (C=O) groups is 1. The maximum absolute atomic E-state index is 11.9. The molecule has 1 N–H and O–H groups in total. The highest BCUT2D eigenvalue weighted by molar-refractivity contribution is 6.36. The van der Waals surface area contributed by atoms with Gasteiger partial charge in [0, 0.05) is 15.7 Å². The van der Waals surface area contributed by atoms with Gasteiger partial charge in [0.15, 0.2) is 0 Å². The van der Waals surface area contributed by atoms with Crippen molar-refractivity contribution in [3.63, 3.8) is 0 Å². The lowest BCUT2D eigenvalue weighted by atomic mass is 10.1. The molecular formula is C14H11Cl2NO. The fourth-order valence-corrected chi connectivity index (χ4v) is 2.12. The van der Waals surface area contributed by atoms with E-state index in [0.717, 1.165) is 5.69 Å². The second-order valence-electron chi connectivity index (χ2n) is 3.79. The highest BCUT2D eigenvalue weighted by atomic mass is 35.5. The van der Waals surface area contributed by atoms with Crippen LogP contribution in [0.5, 0.6) is 0 Å². The number of para-hydroxylation sites is 1. The number of halogens is 2. The van der Waals surface area contributed by atoms with Gasteiger partial charge in [0.25, 0.3) is 0 Å². The van der Waals surface area contributed by atoms with Crippen LogP contribution in [-0.2, 0) is 11.2 Å². The van der Waals surface area contributed by atoms with Crippen molar-refractivity contribution in [2.24, 2.45) is 0 Å². The van der Waals surface area contributed by atoms with Crippen molar-refractivity contribution >= 4 is 34.8 Å². The van der Waals surface area contributed by atoms with Crippen LogP contribution in [0.2, 0.25) is 10.0 Å². The van der Waals surface area contributed by atoms with Gasteiger partial charge in [-0.15, -0.1) is 0 Å². The van der Waals surface area contributed by atoms with Crippen LogP contribution in [0, 0.1) is 0 Å². The number of nitrogens with one attached hydrogen (secondary N) is 1. The van der Waals surface area contributed by atoms with Crippen molar-refractivity contribution in [3.05, 3.63) is 64.1 Å². The molecule has 0 aliphatic carbocycles. The topological polar surface area (TPSA) is 29.1 Å². The summed E-state index contributed by atoms with van der Waals surface area (Å²) in [7, 11) is 0. The van der Waals surface area contributed by atoms with Gasteiger partial charge >= 0.3 is 0 Å². The van der Waals surface area contributed by atoms with Crippen molar-refractivity contribution in [1.82, 2.24) is 0 Å². The molecule has 0 fully saturated rings. The summed E-state index contributed by atoms with van der Waals surface area (Å²) in [6.07, 6.45) is 0.160. The molecule has 0 unspecified atom stereocenters. The first-order valence-corrected chi connectivity index (χ1v) is 6.20. The molecular weight excluding hydrogens is 269 g/mol. The molecule has 2 nitrogen and oxygen atoms in total. The number of hydrogen-bond donors (Lipinski definition) is 1. The number of anilines is 1. The third-order valence-corrected chi connectivity index (χ3v) is 3.16. The van der Waals surface area contributed by atoms with E-state index in [-0.39, 0.29) is 12.3 Å². The number of benzene rings is 2. The number of amides is 1. The maximum Gasteiger partial charge on any atom is 0.228 e. The van der Waals surface area contributed by atoms with Crippen LogP contribution in [0.1, 0.15) is 5.56 Å². The van der Waals surface area contributed by atoms with E-state index < -0.39 is 0 Å². The Kier molecular flexibility index (Phi) is 4.24. The molecule has 2 aromatic rings. The summed E-state index contributed by atoms with van der Waals surface area (Å²) >= 11 is 12.0. The zero-order valence-corrected chi connectivity index (χ0v) is 11.0. The van der Waals surface area contributed by atoms with Crippen molar-refractivity contribution in [2.45, 2.75) is 6.42 Å². The van der Waals surface area contributed by atoms with Crippen molar-refractivity contribution in [2.75, 3.05) is 5.32 Å². The Morgan fingerprint density at radius 1 is 0.944 bits per heavy atom. The molecule has 0 aliphatic rings. The lowest BCUT2D eigenvalue weighted by molar-refractivity contribution is -0.115.